The fourth-order valence-electron chi connectivity index (χ4n) is 4.30. The predicted octanol–water partition coefficient (Wildman–Crippen LogP) is 3.07. The smallest absolute Gasteiger partial charge is 0.0941 e. The van der Waals surface area contributed by atoms with Crippen molar-refractivity contribution < 1.29 is 0 Å². The first-order chi connectivity index (χ1) is 9.85. The van der Waals surface area contributed by atoms with Gasteiger partial charge in [-0.1, -0.05) is 19.3 Å². The van der Waals surface area contributed by atoms with Crippen LogP contribution in [0.15, 0.2) is 11.6 Å². The molecule has 0 radical (unpaired) electrons. The van der Waals surface area contributed by atoms with E-state index in [0.29, 0.717) is 11.6 Å². The second-order valence-corrected chi connectivity index (χ2v) is 7.31. The lowest BCUT2D eigenvalue weighted by atomic mass is 9.83. The minimum Gasteiger partial charge on any atom is -0.315 e. The Kier molecular flexibility index (Phi) is 4.74. The van der Waals surface area contributed by atoms with Crippen LogP contribution >= 0.6 is 11.3 Å². The van der Waals surface area contributed by atoms with E-state index in [-0.39, 0.29) is 0 Å². The summed E-state index contributed by atoms with van der Waals surface area (Å²) in [7, 11) is 2.14. The maximum Gasteiger partial charge on any atom is 0.0941 e. The van der Waals surface area contributed by atoms with Crippen LogP contribution in [-0.2, 0) is 6.42 Å². The van der Waals surface area contributed by atoms with Crippen LogP contribution in [0.25, 0.3) is 0 Å². The summed E-state index contributed by atoms with van der Waals surface area (Å²) in [5, 5.41) is 7.03. The molecule has 1 unspecified atom stereocenters. The number of hydrogen-bond donors (Lipinski definition) is 1. The molecule has 4 heteroatoms. The molecule has 0 spiro atoms. The number of likely N-dealkylation sites (tertiary alicyclic amines) is 1. The first kappa shape index (κ1) is 14.5. The number of aromatic nitrogens is 1. The standard InChI is InChI=1S/C16H27N3S/c1-17-14(13-15-18-9-12-20-15)16(7-3-4-8-16)19-10-5-2-6-11-19/h9,12,14,17H,2-8,10-11,13H2,1H3. The number of nitrogens with zero attached hydrogens (tertiary/aromatic N) is 2. The van der Waals surface area contributed by atoms with Gasteiger partial charge in [0.05, 0.1) is 5.01 Å². The van der Waals surface area contributed by atoms with Crippen LogP contribution in [-0.4, -0.2) is 41.6 Å². The molecule has 1 aliphatic heterocycles. The summed E-state index contributed by atoms with van der Waals surface area (Å²) in [6.45, 7) is 2.60. The van der Waals surface area contributed by atoms with Crippen LogP contribution in [0.3, 0.4) is 0 Å². The van der Waals surface area contributed by atoms with Crippen LogP contribution < -0.4 is 5.32 Å². The molecule has 1 aromatic rings. The molecule has 2 aliphatic rings. The van der Waals surface area contributed by atoms with E-state index in [9.17, 15) is 0 Å². The van der Waals surface area contributed by atoms with E-state index in [1.165, 1.54) is 63.0 Å². The Hall–Kier alpha value is -0.450. The van der Waals surface area contributed by atoms with Crippen LogP contribution in [0.5, 0.6) is 0 Å². The van der Waals surface area contributed by atoms with Gasteiger partial charge in [-0.2, -0.15) is 0 Å². The zero-order valence-corrected chi connectivity index (χ0v) is 13.4. The average Bonchev–Trinajstić information content (AvgIpc) is 3.18. The first-order valence-corrected chi connectivity index (χ1v) is 9.04. The molecular formula is C16H27N3S. The lowest BCUT2D eigenvalue weighted by Crippen LogP contribution is -2.61. The van der Waals surface area contributed by atoms with E-state index in [4.69, 9.17) is 0 Å². The fourth-order valence-corrected chi connectivity index (χ4v) is 4.96. The Balaban J connectivity index is 1.79. The van der Waals surface area contributed by atoms with Crippen molar-refractivity contribution in [2.45, 2.75) is 62.9 Å². The Labute approximate surface area is 126 Å². The van der Waals surface area contributed by atoms with Crippen molar-refractivity contribution in [1.82, 2.24) is 15.2 Å². The van der Waals surface area contributed by atoms with E-state index in [2.05, 4.69) is 27.6 Å². The topological polar surface area (TPSA) is 28.2 Å². The molecule has 0 aromatic carbocycles. The Bertz CT molecular complexity index is 392. The Morgan fingerprint density at radius 3 is 2.60 bits per heavy atom. The minimum atomic E-state index is 0.390. The zero-order chi connectivity index (χ0) is 13.8. The summed E-state index contributed by atoms with van der Waals surface area (Å²) < 4.78 is 0. The molecule has 1 aromatic heterocycles. The van der Waals surface area contributed by atoms with E-state index >= 15 is 0 Å². The summed E-state index contributed by atoms with van der Waals surface area (Å²) in [6, 6.07) is 0.550. The molecular weight excluding hydrogens is 266 g/mol. The third-order valence-corrected chi connectivity index (χ3v) is 6.12. The summed E-state index contributed by atoms with van der Waals surface area (Å²) >= 11 is 1.80. The van der Waals surface area contributed by atoms with Gasteiger partial charge >= 0.3 is 0 Å². The highest BCUT2D eigenvalue weighted by Gasteiger charge is 2.45. The van der Waals surface area contributed by atoms with E-state index < -0.39 is 0 Å². The lowest BCUT2D eigenvalue weighted by molar-refractivity contribution is 0.0389. The normalized spacial score (nSPS) is 24.9. The van der Waals surface area contributed by atoms with Gasteiger partial charge in [-0.3, -0.25) is 4.90 Å². The van der Waals surface area contributed by atoms with Crippen molar-refractivity contribution in [2.75, 3.05) is 20.1 Å². The number of likely N-dealkylation sites (N-methyl/N-ethyl adjacent to an activating group) is 1. The van der Waals surface area contributed by atoms with Gasteiger partial charge in [0.25, 0.3) is 0 Å². The molecule has 3 nitrogen and oxygen atoms in total. The monoisotopic (exact) mass is 293 g/mol. The lowest BCUT2D eigenvalue weighted by Gasteiger charge is -2.48. The molecule has 1 saturated heterocycles. The van der Waals surface area contributed by atoms with Crippen LogP contribution in [0.4, 0.5) is 0 Å². The third kappa shape index (κ3) is 2.78. The van der Waals surface area contributed by atoms with Gasteiger partial charge in [0.15, 0.2) is 0 Å². The molecule has 1 N–H and O–H groups in total. The van der Waals surface area contributed by atoms with Crippen LogP contribution in [0.1, 0.15) is 50.0 Å². The summed E-state index contributed by atoms with van der Waals surface area (Å²) in [5.41, 5.74) is 0.390. The Morgan fingerprint density at radius 1 is 1.25 bits per heavy atom. The number of rotatable bonds is 5. The van der Waals surface area contributed by atoms with Gasteiger partial charge in [-0.25, -0.2) is 4.98 Å². The van der Waals surface area contributed by atoms with E-state index in [0.717, 1.165) is 6.42 Å². The van der Waals surface area contributed by atoms with Crippen molar-refractivity contribution in [2.24, 2.45) is 0 Å². The van der Waals surface area contributed by atoms with Gasteiger partial charge < -0.3 is 5.32 Å². The number of thiazole rings is 1. The van der Waals surface area contributed by atoms with Gasteiger partial charge in [0.2, 0.25) is 0 Å². The van der Waals surface area contributed by atoms with E-state index in [1.54, 1.807) is 11.3 Å². The number of piperidine rings is 1. The summed E-state index contributed by atoms with van der Waals surface area (Å²) in [5.74, 6) is 0. The minimum absolute atomic E-state index is 0.390. The van der Waals surface area contributed by atoms with Crippen molar-refractivity contribution in [1.29, 1.82) is 0 Å². The van der Waals surface area contributed by atoms with Gasteiger partial charge in [-0.05, 0) is 45.8 Å². The maximum absolute atomic E-state index is 4.51. The second kappa shape index (κ2) is 6.54. The molecule has 20 heavy (non-hydrogen) atoms. The summed E-state index contributed by atoms with van der Waals surface area (Å²) in [4.78, 5) is 7.33. The largest absolute Gasteiger partial charge is 0.315 e. The number of hydrogen-bond acceptors (Lipinski definition) is 4. The molecule has 2 fully saturated rings. The highest BCUT2D eigenvalue weighted by atomic mass is 32.1. The SMILES string of the molecule is CNC(Cc1nccs1)C1(N2CCCCC2)CCCC1. The molecule has 1 saturated carbocycles. The molecule has 0 amide bonds. The molecule has 3 rings (SSSR count). The van der Waals surface area contributed by atoms with Gasteiger partial charge in [-0.15, -0.1) is 11.3 Å². The molecule has 1 atom stereocenters. The first-order valence-electron chi connectivity index (χ1n) is 8.16. The van der Waals surface area contributed by atoms with Crippen molar-refractivity contribution in [3.8, 4) is 0 Å². The fraction of sp³-hybridized carbons (Fsp3) is 0.812. The zero-order valence-electron chi connectivity index (χ0n) is 12.6. The van der Waals surface area contributed by atoms with Crippen LogP contribution in [0.2, 0.25) is 0 Å². The quantitative estimate of drug-likeness (QED) is 0.904. The van der Waals surface area contributed by atoms with Crippen molar-refractivity contribution in [3.05, 3.63) is 16.6 Å². The molecule has 1 aliphatic carbocycles. The van der Waals surface area contributed by atoms with Crippen molar-refractivity contribution in [3.63, 3.8) is 0 Å². The highest BCUT2D eigenvalue weighted by Crippen LogP contribution is 2.40. The predicted molar refractivity (Wildman–Crippen MR) is 85.3 cm³/mol. The van der Waals surface area contributed by atoms with Gasteiger partial charge in [0, 0.05) is 29.6 Å². The van der Waals surface area contributed by atoms with Crippen LogP contribution in [0, 0.1) is 0 Å². The number of nitrogens with one attached hydrogen (secondary N) is 1. The molecule has 112 valence electrons. The Morgan fingerprint density at radius 2 is 2.00 bits per heavy atom. The summed E-state index contributed by atoms with van der Waals surface area (Å²) in [6.07, 6.45) is 12.7. The van der Waals surface area contributed by atoms with Crippen molar-refractivity contribution >= 4 is 11.3 Å². The third-order valence-electron chi connectivity index (χ3n) is 5.31. The molecule has 2 heterocycles. The molecule has 0 bridgehead atoms. The highest BCUT2D eigenvalue weighted by molar-refractivity contribution is 7.09. The van der Waals surface area contributed by atoms with E-state index in [1.807, 2.05) is 6.20 Å². The van der Waals surface area contributed by atoms with Gasteiger partial charge in [0.1, 0.15) is 0 Å². The average molecular weight is 293 g/mol. The maximum atomic E-state index is 4.51. The second-order valence-electron chi connectivity index (χ2n) is 6.33.